The van der Waals surface area contributed by atoms with Crippen molar-refractivity contribution in [2.45, 2.75) is 88.3 Å². The summed E-state index contributed by atoms with van der Waals surface area (Å²) in [6.45, 7) is 2.85. The molecule has 0 aromatic rings. The molecule has 0 unspecified atom stereocenters. The summed E-state index contributed by atoms with van der Waals surface area (Å²) in [7, 11) is 3.16. The SMILES string of the molecule is COC(CN=C[C@]12CC[C@H](O)C[C@]1(O)CC[C@@H]1[C@@H]2CC[C@]2(C)[C@@H](C3=CC(=O)OC3)CC[C@]12O)OC. The van der Waals surface area contributed by atoms with Gasteiger partial charge in [-0.1, -0.05) is 6.92 Å². The van der Waals surface area contributed by atoms with Crippen LogP contribution < -0.4 is 0 Å². The number of esters is 1. The van der Waals surface area contributed by atoms with Crippen LogP contribution in [0.5, 0.6) is 0 Å². The number of aliphatic hydroxyl groups excluding tert-OH is 1. The molecule has 4 saturated carbocycles. The van der Waals surface area contributed by atoms with E-state index in [0.717, 1.165) is 31.3 Å². The lowest BCUT2D eigenvalue weighted by Crippen LogP contribution is -2.68. The molecule has 0 aromatic heterocycles. The lowest BCUT2D eigenvalue weighted by molar-refractivity contribution is -0.237. The van der Waals surface area contributed by atoms with Crippen LogP contribution in [0.4, 0.5) is 0 Å². The Bertz CT molecular complexity index is 902. The van der Waals surface area contributed by atoms with Crippen LogP contribution >= 0.6 is 0 Å². The smallest absolute Gasteiger partial charge is 0.331 e. The van der Waals surface area contributed by atoms with Gasteiger partial charge in [-0.25, -0.2) is 4.79 Å². The summed E-state index contributed by atoms with van der Waals surface area (Å²) in [5, 5.41) is 34.9. The Morgan fingerprint density at radius 3 is 2.54 bits per heavy atom. The second-order valence-electron chi connectivity index (χ2n) is 11.9. The van der Waals surface area contributed by atoms with Gasteiger partial charge in [-0.05, 0) is 74.7 Å². The van der Waals surface area contributed by atoms with E-state index in [4.69, 9.17) is 19.2 Å². The van der Waals surface area contributed by atoms with Crippen LogP contribution in [-0.2, 0) is 19.0 Å². The minimum atomic E-state index is -1.05. The molecule has 3 N–H and O–H groups in total. The summed E-state index contributed by atoms with van der Waals surface area (Å²) in [6.07, 6.45) is 8.63. The van der Waals surface area contributed by atoms with Crippen molar-refractivity contribution in [3.8, 4) is 0 Å². The second-order valence-corrected chi connectivity index (χ2v) is 11.9. The minimum Gasteiger partial charge on any atom is -0.458 e. The number of hydrogen-bond donors (Lipinski definition) is 3. The van der Waals surface area contributed by atoms with E-state index in [1.807, 2.05) is 6.21 Å². The molecule has 8 atom stereocenters. The first-order valence-corrected chi connectivity index (χ1v) is 13.2. The van der Waals surface area contributed by atoms with Gasteiger partial charge in [0.2, 0.25) is 0 Å². The minimum absolute atomic E-state index is 0.0208. The Kier molecular flexibility index (Phi) is 6.45. The molecule has 0 radical (unpaired) electrons. The number of carbonyl (C=O) groups excluding carboxylic acids is 1. The number of methoxy groups -OCH3 is 2. The third kappa shape index (κ3) is 3.66. The zero-order chi connectivity index (χ0) is 25.1. The highest BCUT2D eigenvalue weighted by Crippen LogP contribution is 2.70. The summed E-state index contributed by atoms with van der Waals surface area (Å²) >= 11 is 0. The highest BCUT2D eigenvalue weighted by Gasteiger charge is 2.71. The van der Waals surface area contributed by atoms with Crippen molar-refractivity contribution >= 4 is 12.2 Å². The van der Waals surface area contributed by atoms with Gasteiger partial charge in [-0.15, -0.1) is 0 Å². The third-order valence-corrected chi connectivity index (χ3v) is 10.7. The van der Waals surface area contributed by atoms with Gasteiger partial charge < -0.3 is 29.5 Å². The molecule has 8 nitrogen and oxygen atoms in total. The molecule has 1 heterocycles. The zero-order valence-electron chi connectivity index (χ0n) is 21.2. The van der Waals surface area contributed by atoms with Crippen LogP contribution in [0.15, 0.2) is 16.6 Å². The van der Waals surface area contributed by atoms with Crippen molar-refractivity contribution in [3.05, 3.63) is 11.6 Å². The van der Waals surface area contributed by atoms with Gasteiger partial charge in [0.15, 0.2) is 6.29 Å². The molecule has 4 aliphatic carbocycles. The largest absolute Gasteiger partial charge is 0.458 e. The summed E-state index contributed by atoms with van der Waals surface area (Å²) in [4.78, 5) is 16.5. The lowest BCUT2D eigenvalue weighted by Gasteiger charge is -2.65. The zero-order valence-corrected chi connectivity index (χ0v) is 21.2. The first-order chi connectivity index (χ1) is 16.6. The fourth-order valence-electron chi connectivity index (χ4n) is 8.91. The van der Waals surface area contributed by atoms with Gasteiger partial charge in [0.05, 0.1) is 23.9 Å². The molecule has 0 bridgehead atoms. The first-order valence-electron chi connectivity index (χ1n) is 13.2. The molecule has 5 rings (SSSR count). The van der Waals surface area contributed by atoms with Crippen molar-refractivity contribution in [1.29, 1.82) is 0 Å². The van der Waals surface area contributed by atoms with Crippen LogP contribution in [0.1, 0.15) is 64.7 Å². The van der Waals surface area contributed by atoms with E-state index in [9.17, 15) is 20.1 Å². The predicted octanol–water partition coefficient (Wildman–Crippen LogP) is 2.39. The lowest BCUT2D eigenvalue weighted by atomic mass is 9.41. The molecule has 5 aliphatic rings. The topological polar surface area (TPSA) is 118 Å². The normalized spacial score (nSPS) is 47.4. The molecule has 35 heavy (non-hydrogen) atoms. The van der Waals surface area contributed by atoms with Crippen LogP contribution in [0.25, 0.3) is 0 Å². The second kappa shape index (κ2) is 8.91. The van der Waals surface area contributed by atoms with Gasteiger partial charge in [-0.2, -0.15) is 0 Å². The molecular weight excluding hydrogens is 450 g/mol. The third-order valence-electron chi connectivity index (χ3n) is 10.7. The Morgan fingerprint density at radius 2 is 1.86 bits per heavy atom. The average Bonchev–Trinajstić information content (AvgIpc) is 3.36. The quantitative estimate of drug-likeness (QED) is 0.297. The highest BCUT2D eigenvalue weighted by molar-refractivity contribution is 5.85. The number of hydrogen-bond acceptors (Lipinski definition) is 8. The molecule has 0 spiro atoms. The molecule has 4 fully saturated rings. The molecule has 1 aliphatic heterocycles. The average molecular weight is 492 g/mol. The summed E-state index contributed by atoms with van der Waals surface area (Å²) in [6, 6.07) is 0. The van der Waals surface area contributed by atoms with E-state index in [1.165, 1.54) is 0 Å². The van der Waals surface area contributed by atoms with Gasteiger partial charge >= 0.3 is 5.97 Å². The molecule has 0 amide bonds. The molecule has 8 heteroatoms. The summed E-state index contributed by atoms with van der Waals surface area (Å²) in [5.74, 6) is -0.0692. The molecule has 196 valence electrons. The van der Waals surface area contributed by atoms with Gasteiger partial charge in [0.25, 0.3) is 0 Å². The van der Waals surface area contributed by atoms with E-state index in [-0.39, 0.29) is 29.1 Å². The monoisotopic (exact) mass is 491 g/mol. The van der Waals surface area contributed by atoms with E-state index in [1.54, 1.807) is 20.3 Å². The van der Waals surface area contributed by atoms with E-state index >= 15 is 0 Å². The summed E-state index contributed by atoms with van der Waals surface area (Å²) in [5.41, 5.74) is -1.87. The molecular formula is C27H41NO7. The predicted molar refractivity (Wildman–Crippen MR) is 129 cm³/mol. The number of carbonyl (C=O) groups is 1. The van der Waals surface area contributed by atoms with Crippen molar-refractivity contribution in [2.75, 3.05) is 27.4 Å². The number of aliphatic imine (C=N–C) groups is 1. The highest BCUT2D eigenvalue weighted by atomic mass is 16.7. The van der Waals surface area contributed by atoms with Crippen LogP contribution in [-0.4, -0.2) is 78.5 Å². The van der Waals surface area contributed by atoms with Crippen LogP contribution in [0.2, 0.25) is 0 Å². The maximum absolute atomic E-state index is 12.4. The standard InChI is InChI=1S/C27H41NO7/c1-24-8-5-20-21(27(24,32)11-7-19(24)17-12-22(30)35-15-17)6-10-26(31)13-18(29)4-9-25(20,26)16-28-14-23(33-2)34-3/h12,16,18-21,23,29,31-32H,4-11,13-15H2,1-3H3/t18-,19+,20-,21+,24+,25-,26+,27-/m0/s1. The van der Waals surface area contributed by atoms with E-state index in [0.29, 0.717) is 45.3 Å². The fourth-order valence-corrected chi connectivity index (χ4v) is 8.91. The van der Waals surface area contributed by atoms with Gasteiger partial charge in [-0.3, -0.25) is 4.99 Å². The number of fused-ring (bicyclic) bond motifs is 5. The van der Waals surface area contributed by atoms with Crippen molar-refractivity contribution < 1.29 is 34.3 Å². The van der Waals surface area contributed by atoms with Crippen molar-refractivity contribution in [3.63, 3.8) is 0 Å². The molecule has 0 aromatic carbocycles. The number of nitrogens with zero attached hydrogens (tertiary/aromatic N) is 1. The van der Waals surface area contributed by atoms with Crippen molar-refractivity contribution in [2.24, 2.45) is 33.6 Å². The number of cyclic esters (lactones) is 1. The van der Waals surface area contributed by atoms with Gasteiger partial charge in [0, 0.05) is 43.8 Å². The van der Waals surface area contributed by atoms with Crippen LogP contribution in [0, 0.1) is 28.6 Å². The maximum Gasteiger partial charge on any atom is 0.331 e. The van der Waals surface area contributed by atoms with E-state index in [2.05, 4.69) is 6.92 Å². The van der Waals surface area contributed by atoms with Crippen molar-refractivity contribution in [1.82, 2.24) is 0 Å². The first kappa shape index (κ1) is 25.3. The Hall–Kier alpha value is -1.32. The number of ether oxygens (including phenoxy) is 3. The summed E-state index contributed by atoms with van der Waals surface area (Å²) < 4.78 is 15.8. The Labute approximate surface area is 207 Å². The van der Waals surface area contributed by atoms with Gasteiger partial charge in [0.1, 0.15) is 6.61 Å². The fraction of sp³-hybridized carbons (Fsp3) is 0.852. The molecule has 0 saturated heterocycles. The Morgan fingerprint density at radius 1 is 1.11 bits per heavy atom. The Balaban J connectivity index is 1.49. The van der Waals surface area contributed by atoms with Crippen LogP contribution in [0.3, 0.4) is 0 Å². The number of aliphatic hydroxyl groups is 3. The number of rotatable bonds is 6. The maximum atomic E-state index is 12.4. The van der Waals surface area contributed by atoms with E-state index < -0.39 is 29.0 Å².